The van der Waals surface area contributed by atoms with Crippen LogP contribution in [0.3, 0.4) is 0 Å². The van der Waals surface area contributed by atoms with E-state index in [-0.39, 0.29) is 5.54 Å². The summed E-state index contributed by atoms with van der Waals surface area (Å²) in [7, 11) is 2.25. The lowest BCUT2D eigenvalue weighted by molar-refractivity contribution is 0.182. The standard InChI is InChI=1S/C20H23BrN2/c1-14-8-9-18-15(12-14)16-13-22(3)11-10-20(16,2)23(18)19-7-5-4-6-17(19)21/h4-9,12,16H,10-11,13H2,1-3H3. The van der Waals surface area contributed by atoms with Crippen LogP contribution in [0.25, 0.3) is 0 Å². The highest BCUT2D eigenvalue weighted by Gasteiger charge is 2.51. The Morgan fingerprint density at radius 3 is 2.70 bits per heavy atom. The summed E-state index contributed by atoms with van der Waals surface area (Å²) in [6.07, 6.45) is 1.18. The molecule has 2 aromatic carbocycles. The molecule has 3 heteroatoms. The van der Waals surface area contributed by atoms with Crippen molar-refractivity contribution < 1.29 is 0 Å². The number of fused-ring (bicyclic) bond motifs is 3. The van der Waals surface area contributed by atoms with E-state index in [1.54, 1.807) is 0 Å². The Bertz CT molecular complexity index is 757. The molecule has 1 saturated heterocycles. The zero-order valence-corrected chi connectivity index (χ0v) is 15.6. The predicted octanol–water partition coefficient (Wildman–Crippen LogP) is 5.09. The number of rotatable bonds is 1. The number of anilines is 2. The topological polar surface area (TPSA) is 6.48 Å². The van der Waals surface area contributed by atoms with Crippen molar-refractivity contribution >= 4 is 27.3 Å². The summed E-state index contributed by atoms with van der Waals surface area (Å²) in [5.41, 5.74) is 5.67. The van der Waals surface area contributed by atoms with Crippen molar-refractivity contribution in [1.82, 2.24) is 4.90 Å². The highest BCUT2D eigenvalue weighted by atomic mass is 79.9. The van der Waals surface area contributed by atoms with Gasteiger partial charge in [0.1, 0.15) is 0 Å². The van der Waals surface area contributed by atoms with E-state index in [4.69, 9.17) is 0 Å². The summed E-state index contributed by atoms with van der Waals surface area (Å²) in [5, 5.41) is 0. The molecule has 1 fully saturated rings. The lowest BCUT2D eigenvalue weighted by Crippen LogP contribution is -2.52. The second kappa shape index (κ2) is 5.35. The first-order chi connectivity index (χ1) is 11.0. The minimum atomic E-state index is 0.145. The van der Waals surface area contributed by atoms with E-state index >= 15 is 0 Å². The molecule has 23 heavy (non-hydrogen) atoms. The zero-order chi connectivity index (χ0) is 16.2. The molecule has 2 aliphatic heterocycles. The first-order valence-corrected chi connectivity index (χ1v) is 9.14. The van der Waals surface area contributed by atoms with Crippen LogP contribution in [0, 0.1) is 6.92 Å². The van der Waals surface area contributed by atoms with Gasteiger partial charge in [0.05, 0.1) is 11.2 Å². The van der Waals surface area contributed by atoms with Gasteiger partial charge >= 0.3 is 0 Å². The molecule has 0 N–H and O–H groups in total. The highest BCUT2D eigenvalue weighted by Crippen LogP contribution is 2.55. The third-order valence-electron chi connectivity index (χ3n) is 5.65. The van der Waals surface area contributed by atoms with Crippen molar-refractivity contribution in [2.75, 3.05) is 25.0 Å². The van der Waals surface area contributed by atoms with Crippen molar-refractivity contribution in [3.8, 4) is 0 Å². The van der Waals surface area contributed by atoms with Gasteiger partial charge in [0.2, 0.25) is 0 Å². The fraction of sp³-hybridized carbons (Fsp3) is 0.400. The normalized spacial score (nSPS) is 27.0. The third kappa shape index (κ3) is 2.25. The van der Waals surface area contributed by atoms with E-state index in [2.05, 4.69) is 89.1 Å². The minimum absolute atomic E-state index is 0.145. The molecule has 2 aliphatic rings. The number of piperidine rings is 1. The number of halogens is 1. The second-order valence-electron chi connectivity index (χ2n) is 7.27. The molecule has 0 aromatic heterocycles. The van der Waals surface area contributed by atoms with Crippen molar-refractivity contribution in [3.05, 3.63) is 58.1 Å². The fourth-order valence-electron chi connectivity index (χ4n) is 4.36. The lowest BCUT2D eigenvalue weighted by atomic mass is 9.77. The van der Waals surface area contributed by atoms with E-state index < -0.39 is 0 Å². The Hall–Kier alpha value is -1.32. The molecule has 0 aliphatic carbocycles. The maximum atomic E-state index is 3.77. The van der Waals surface area contributed by atoms with Crippen LogP contribution in [-0.4, -0.2) is 30.6 Å². The number of hydrogen-bond donors (Lipinski definition) is 0. The van der Waals surface area contributed by atoms with Gasteiger partial charge in [-0.3, -0.25) is 0 Å². The van der Waals surface area contributed by atoms with E-state index in [1.807, 2.05) is 0 Å². The van der Waals surface area contributed by atoms with Crippen LogP contribution < -0.4 is 4.90 Å². The number of likely N-dealkylation sites (N-methyl/N-ethyl adjacent to an activating group) is 1. The van der Waals surface area contributed by atoms with Crippen LogP contribution in [0.4, 0.5) is 11.4 Å². The Morgan fingerprint density at radius 1 is 1.13 bits per heavy atom. The van der Waals surface area contributed by atoms with Crippen molar-refractivity contribution in [3.63, 3.8) is 0 Å². The van der Waals surface area contributed by atoms with E-state index in [1.165, 1.54) is 33.4 Å². The van der Waals surface area contributed by atoms with Gasteiger partial charge in [-0.1, -0.05) is 29.8 Å². The van der Waals surface area contributed by atoms with Gasteiger partial charge in [-0.2, -0.15) is 0 Å². The fourth-order valence-corrected chi connectivity index (χ4v) is 4.82. The zero-order valence-electron chi connectivity index (χ0n) is 14.0. The molecule has 0 spiro atoms. The lowest BCUT2D eigenvalue weighted by Gasteiger charge is -2.46. The SMILES string of the molecule is Cc1ccc2c(c1)C1CN(C)CCC1(C)N2c1ccccc1Br. The van der Waals surface area contributed by atoms with Gasteiger partial charge in [0, 0.05) is 29.2 Å². The smallest absolute Gasteiger partial charge is 0.0560 e. The van der Waals surface area contributed by atoms with Gasteiger partial charge in [0.15, 0.2) is 0 Å². The number of hydrogen-bond acceptors (Lipinski definition) is 2. The minimum Gasteiger partial charge on any atom is -0.334 e. The number of aryl methyl sites for hydroxylation is 1. The highest BCUT2D eigenvalue weighted by molar-refractivity contribution is 9.10. The van der Waals surface area contributed by atoms with Gasteiger partial charge in [-0.15, -0.1) is 0 Å². The molecule has 0 saturated carbocycles. The van der Waals surface area contributed by atoms with Crippen LogP contribution in [0.1, 0.15) is 30.4 Å². The number of likely N-dealkylation sites (tertiary alicyclic amines) is 1. The predicted molar refractivity (Wildman–Crippen MR) is 101 cm³/mol. The first-order valence-electron chi connectivity index (χ1n) is 8.34. The largest absolute Gasteiger partial charge is 0.334 e. The van der Waals surface area contributed by atoms with Crippen LogP contribution in [0.15, 0.2) is 46.9 Å². The molecule has 120 valence electrons. The summed E-state index contributed by atoms with van der Waals surface area (Å²) >= 11 is 3.77. The average Bonchev–Trinajstić information content (AvgIpc) is 2.77. The molecule has 2 unspecified atom stereocenters. The van der Waals surface area contributed by atoms with E-state index in [0.717, 1.165) is 13.1 Å². The number of benzene rings is 2. The van der Waals surface area contributed by atoms with Crippen molar-refractivity contribution in [2.45, 2.75) is 31.7 Å². The van der Waals surface area contributed by atoms with Gasteiger partial charge in [-0.05, 0) is 67.0 Å². The summed E-state index contributed by atoms with van der Waals surface area (Å²) in [5.74, 6) is 0.559. The maximum Gasteiger partial charge on any atom is 0.0560 e. The van der Waals surface area contributed by atoms with Gasteiger partial charge < -0.3 is 9.80 Å². The Morgan fingerprint density at radius 2 is 1.91 bits per heavy atom. The second-order valence-corrected chi connectivity index (χ2v) is 8.13. The molecule has 0 bridgehead atoms. The monoisotopic (exact) mass is 370 g/mol. The summed E-state index contributed by atoms with van der Waals surface area (Å²) in [6, 6.07) is 15.6. The Labute approximate surface area is 147 Å². The Kier molecular flexibility index (Phi) is 3.54. The van der Waals surface area contributed by atoms with Crippen LogP contribution >= 0.6 is 15.9 Å². The number of para-hydroxylation sites is 1. The summed E-state index contributed by atoms with van der Waals surface area (Å²) in [4.78, 5) is 5.06. The molecule has 2 aromatic rings. The first kappa shape index (κ1) is 15.2. The molecule has 4 rings (SSSR count). The van der Waals surface area contributed by atoms with Crippen LogP contribution in [0.5, 0.6) is 0 Å². The average molecular weight is 371 g/mol. The summed E-state index contributed by atoms with van der Waals surface area (Å²) < 4.78 is 1.17. The molecule has 2 heterocycles. The molecular formula is C20H23BrN2. The quantitative estimate of drug-likeness (QED) is 0.689. The molecule has 0 radical (unpaired) electrons. The molecule has 0 amide bonds. The molecular weight excluding hydrogens is 348 g/mol. The Balaban J connectivity index is 1.93. The maximum absolute atomic E-state index is 3.77. The van der Waals surface area contributed by atoms with Crippen LogP contribution in [0.2, 0.25) is 0 Å². The van der Waals surface area contributed by atoms with E-state index in [9.17, 15) is 0 Å². The van der Waals surface area contributed by atoms with Gasteiger partial charge in [-0.25, -0.2) is 0 Å². The molecule has 2 nitrogen and oxygen atoms in total. The van der Waals surface area contributed by atoms with Crippen molar-refractivity contribution in [1.29, 1.82) is 0 Å². The molecule has 2 atom stereocenters. The number of nitrogens with zero attached hydrogens (tertiary/aromatic N) is 2. The van der Waals surface area contributed by atoms with E-state index in [0.29, 0.717) is 5.92 Å². The van der Waals surface area contributed by atoms with Crippen LogP contribution in [-0.2, 0) is 0 Å². The van der Waals surface area contributed by atoms with Crippen molar-refractivity contribution in [2.24, 2.45) is 0 Å². The third-order valence-corrected chi connectivity index (χ3v) is 6.32. The van der Waals surface area contributed by atoms with Gasteiger partial charge in [0.25, 0.3) is 0 Å². The summed E-state index contributed by atoms with van der Waals surface area (Å²) in [6.45, 7) is 6.93.